The van der Waals surface area contributed by atoms with Crippen LogP contribution in [0.4, 0.5) is 13.6 Å². The Labute approximate surface area is 63.5 Å². The third kappa shape index (κ3) is 4.52. The van der Waals surface area contributed by atoms with Crippen LogP contribution in [0, 0.1) is 0 Å². The fourth-order valence-electron chi connectivity index (χ4n) is 0.353. The van der Waals surface area contributed by atoms with Crippen LogP contribution in [-0.4, -0.2) is 24.5 Å². The van der Waals surface area contributed by atoms with Crippen molar-refractivity contribution in [3.63, 3.8) is 0 Å². The Hall–Kier alpha value is -0.870. The lowest BCUT2D eigenvalue weighted by Gasteiger charge is -2.18. The number of rotatable bonds is 3. The first-order valence-corrected chi connectivity index (χ1v) is 3.09. The number of nitrogens with two attached hydrogens (primary N) is 1. The minimum absolute atomic E-state index is 0.640. The average Bonchev–Trinajstić information content (AvgIpc) is 1.80. The second-order valence-corrected chi connectivity index (χ2v) is 2.66. The molecule has 0 saturated heterocycles. The molecule has 0 saturated carbocycles. The average molecular weight is 167 g/mol. The molecule has 0 aromatic rings. The van der Waals surface area contributed by atoms with Crippen LogP contribution in [0.5, 0.6) is 0 Å². The molecule has 5 heteroatoms. The van der Waals surface area contributed by atoms with Crippen LogP contribution < -0.4 is 5.73 Å². The van der Waals surface area contributed by atoms with E-state index in [1.807, 2.05) is 0 Å². The van der Waals surface area contributed by atoms with E-state index >= 15 is 0 Å². The first kappa shape index (κ1) is 10.1. The third-order valence-electron chi connectivity index (χ3n) is 1.12. The number of alkyl halides is 2. The molecular weight excluding hydrogens is 156 g/mol. The number of halogens is 2. The Morgan fingerprint density at radius 3 is 2.45 bits per heavy atom. The smallest absolute Gasteiger partial charge is 0.404 e. The molecule has 0 aromatic carbocycles. The van der Waals surface area contributed by atoms with Crippen LogP contribution in [0.3, 0.4) is 0 Å². The summed E-state index contributed by atoms with van der Waals surface area (Å²) in [5.41, 5.74) is 2.53. The zero-order valence-electron chi connectivity index (χ0n) is 6.43. The fourth-order valence-corrected chi connectivity index (χ4v) is 0.353. The van der Waals surface area contributed by atoms with E-state index in [9.17, 15) is 13.6 Å². The predicted octanol–water partition coefficient (Wildman–Crippen LogP) is 1.17. The Kier molecular flexibility index (Phi) is 3.22. The quantitative estimate of drug-likeness (QED) is 0.685. The number of carbonyl (C=O) groups excluding carboxylic acids is 1. The van der Waals surface area contributed by atoms with Crippen molar-refractivity contribution in [1.82, 2.24) is 0 Å². The van der Waals surface area contributed by atoms with Crippen LogP contribution in [0.15, 0.2) is 0 Å². The zero-order chi connectivity index (χ0) is 9.07. The van der Waals surface area contributed by atoms with Gasteiger partial charge in [0.2, 0.25) is 0 Å². The Morgan fingerprint density at radius 2 is 2.18 bits per heavy atom. The first-order chi connectivity index (χ1) is 4.84. The van der Waals surface area contributed by atoms with Crippen molar-refractivity contribution in [1.29, 1.82) is 0 Å². The van der Waals surface area contributed by atoms with Crippen LogP contribution in [-0.2, 0) is 4.74 Å². The van der Waals surface area contributed by atoms with E-state index in [0.717, 1.165) is 13.8 Å². The third-order valence-corrected chi connectivity index (χ3v) is 1.12. The number of amides is 1. The molecule has 3 nitrogen and oxygen atoms in total. The maximum absolute atomic E-state index is 12.6. The number of hydrogen-bond acceptors (Lipinski definition) is 2. The molecule has 1 atom stereocenters. The highest BCUT2D eigenvalue weighted by atomic mass is 19.2. The van der Waals surface area contributed by atoms with Gasteiger partial charge >= 0.3 is 6.09 Å². The summed E-state index contributed by atoms with van der Waals surface area (Å²) in [7, 11) is 0. The summed E-state index contributed by atoms with van der Waals surface area (Å²) in [4.78, 5) is 9.94. The van der Waals surface area contributed by atoms with Crippen molar-refractivity contribution in [3.8, 4) is 0 Å². The minimum atomic E-state index is -2.00. The predicted molar refractivity (Wildman–Crippen MR) is 35.6 cm³/mol. The lowest BCUT2D eigenvalue weighted by Crippen LogP contribution is -2.33. The Morgan fingerprint density at radius 1 is 1.73 bits per heavy atom. The van der Waals surface area contributed by atoms with E-state index in [1.54, 1.807) is 0 Å². The van der Waals surface area contributed by atoms with Crippen molar-refractivity contribution in [3.05, 3.63) is 0 Å². The summed E-state index contributed by atoms with van der Waals surface area (Å²) in [6.45, 7) is 1.48. The van der Waals surface area contributed by atoms with E-state index in [-0.39, 0.29) is 0 Å². The summed E-state index contributed by atoms with van der Waals surface area (Å²) >= 11 is 0. The van der Waals surface area contributed by atoms with Crippen LogP contribution >= 0.6 is 0 Å². The molecule has 0 fully saturated rings. The number of hydrogen-bond donors (Lipinski definition) is 1. The van der Waals surface area contributed by atoms with Gasteiger partial charge in [-0.05, 0) is 13.8 Å². The monoisotopic (exact) mass is 167 g/mol. The van der Waals surface area contributed by atoms with Crippen molar-refractivity contribution in [2.75, 3.05) is 6.61 Å². The molecule has 0 spiro atoms. The molecule has 0 bridgehead atoms. The highest BCUT2D eigenvalue weighted by molar-refractivity contribution is 5.64. The van der Waals surface area contributed by atoms with E-state index in [2.05, 4.69) is 10.5 Å². The van der Waals surface area contributed by atoms with Crippen molar-refractivity contribution < 1.29 is 18.3 Å². The second-order valence-electron chi connectivity index (χ2n) is 2.66. The van der Waals surface area contributed by atoms with Crippen LogP contribution in [0.25, 0.3) is 0 Å². The molecule has 11 heavy (non-hydrogen) atoms. The van der Waals surface area contributed by atoms with Gasteiger partial charge in [0.05, 0.1) is 0 Å². The van der Waals surface area contributed by atoms with E-state index in [0.29, 0.717) is 0 Å². The Bertz CT molecular complexity index is 144. The SMILES string of the molecule is CC(C)(F)[C@H](F)COC(N)=O. The maximum Gasteiger partial charge on any atom is 0.404 e. The van der Waals surface area contributed by atoms with Crippen molar-refractivity contribution >= 4 is 6.09 Å². The summed E-state index contributed by atoms with van der Waals surface area (Å²) in [5.74, 6) is 0. The van der Waals surface area contributed by atoms with Gasteiger partial charge in [-0.15, -0.1) is 0 Å². The molecule has 0 radical (unpaired) electrons. The van der Waals surface area contributed by atoms with Crippen LogP contribution in [0.1, 0.15) is 13.8 Å². The van der Waals surface area contributed by atoms with Gasteiger partial charge in [-0.2, -0.15) is 0 Å². The minimum Gasteiger partial charge on any atom is -0.446 e. The van der Waals surface area contributed by atoms with Crippen molar-refractivity contribution in [2.45, 2.75) is 25.7 Å². The maximum atomic E-state index is 12.6. The molecule has 66 valence electrons. The molecule has 0 aliphatic rings. The molecule has 0 aliphatic carbocycles. The molecule has 0 heterocycles. The van der Waals surface area contributed by atoms with Gasteiger partial charge in [-0.25, -0.2) is 13.6 Å². The van der Waals surface area contributed by atoms with Gasteiger partial charge in [0.25, 0.3) is 0 Å². The lowest BCUT2D eigenvalue weighted by atomic mass is 10.1. The summed E-state index contributed by atoms with van der Waals surface area (Å²) in [6, 6.07) is 0. The molecule has 0 aliphatic heterocycles. The molecule has 0 aromatic heterocycles. The lowest BCUT2D eigenvalue weighted by molar-refractivity contribution is 0.0319. The topological polar surface area (TPSA) is 52.3 Å². The molecule has 2 N–H and O–H groups in total. The van der Waals surface area contributed by atoms with Crippen LogP contribution in [0.2, 0.25) is 0 Å². The largest absolute Gasteiger partial charge is 0.446 e. The highest BCUT2D eigenvalue weighted by Gasteiger charge is 2.29. The van der Waals surface area contributed by atoms with Gasteiger partial charge in [-0.3, -0.25) is 0 Å². The van der Waals surface area contributed by atoms with Gasteiger partial charge in [0, 0.05) is 0 Å². The second kappa shape index (κ2) is 3.50. The van der Waals surface area contributed by atoms with E-state index < -0.39 is 24.5 Å². The number of carbonyl (C=O) groups is 1. The van der Waals surface area contributed by atoms with Gasteiger partial charge < -0.3 is 10.5 Å². The molecule has 0 unspecified atom stereocenters. The van der Waals surface area contributed by atoms with E-state index in [4.69, 9.17) is 0 Å². The fraction of sp³-hybridized carbons (Fsp3) is 0.833. The summed E-state index contributed by atoms with van der Waals surface area (Å²) in [6.07, 6.45) is -2.94. The van der Waals surface area contributed by atoms with E-state index in [1.165, 1.54) is 0 Å². The highest BCUT2D eigenvalue weighted by Crippen LogP contribution is 2.17. The van der Waals surface area contributed by atoms with Gasteiger partial charge in [-0.1, -0.05) is 0 Å². The first-order valence-electron chi connectivity index (χ1n) is 3.09. The number of primary amides is 1. The van der Waals surface area contributed by atoms with Crippen molar-refractivity contribution in [2.24, 2.45) is 5.73 Å². The molecule has 0 rings (SSSR count). The Balaban J connectivity index is 3.70. The standard InChI is InChI=1S/C6H11F2NO2/c1-6(2,8)4(7)3-11-5(9)10/h4H,3H2,1-2H3,(H2,9,10)/t4-/m1/s1. The number of ether oxygens (including phenoxy) is 1. The van der Waals surface area contributed by atoms with Gasteiger partial charge in [0.15, 0.2) is 6.17 Å². The summed E-state index contributed by atoms with van der Waals surface area (Å²) in [5, 5.41) is 0. The normalized spacial score (nSPS) is 14.2. The molecular formula is C6H11F2NO2. The zero-order valence-corrected chi connectivity index (χ0v) is 6.43. The summed E-state index contributed by atoms with van der Waals surface area (Å²) < 4.78 is 29.2. The molecule has 1 amide bonds. The van der Waals surface area contributed by atoms with Gasteiger partial charge in [0.1, 0.15) is 12.3 Å².